The van der Waals surface area contributed by atoms with E-state index in [1.54, 1.807) is 76.7 Å². The number of rotatable bonds is 10. The number of piperidine rings is 3. The van der Waals surface area contributed by atoms with Gasteiger partial charge in [-0.15, -0.1) is 22.7 Å². The number of imidazole rings is 2. The van der Waals surface area contributed by atoms with E-state index in [2.05, 4.69) is 68.1 Å². The molecule has 2 atom stereocenters. The van der Waals surface area contributed by atoms with Crippen LogP contribution in [0.15, 0.2) is 73.3 Å². The molecule has 4 aliphatic heterocycles. The first-order chi connectivity index (χ1) is 43.5. The standard InChI is InChI=1S/C22H22FN5O2S.C21H22FN7S.C20H18FN5O2S/c1-12-11-28-21(25-12)15(10-19(29)30-2)8-17(27-28)14-7-16(23)20-18(9-14)31-22(26-20)13-3-5-24-6-4-13;1-28-10-12-5-11(6-16(22)18(12)27-28)19-23-9-17-20(26-19)30-21(25-17)29(2)15-7-13-3-4-14(8-15)24-13;1-10-9-26-18(23-10)13(20(27)28)8-15(25-26)12-6-14(21)17-16(7-12)29-19(24-17)11-2-4-22-5-3-11/h7-9,11,13,24H,3-6,10H2,1-2H3;5-6,9-10,13-15,24H,3-4,7-8H2,1-2H3;6-9,11,22H,2-5H2,1H3,(H,27,28). The van der Waals surface area contributed by atoms with Gasteiger partial charge >= 0.3 is 11.9 Å². The first-order valence-corrected chi connectivity index (χ1v) is 32.4. The SMILES string of the molecule is CN(c1nc2cnc(-c3cc(F)c4nn(C)cc4c3)nc2s1)C1CC2CCC(C1)N2.COC(=O)Cc1cc(-c2cc(F)c3nc(C4CCNCC4)sc3c2)nn2cc(C)nc12.Cc1cn2nc(-c3cc(F)c4nc(C5CCNCC5)sc4c3)cc(C(=O)O)c2n1. The number of ether oxygens (including phenoxy) is 1. The van der Waals surface area contributed by atoms with Crippen LogP contribution in [0.1, 0.15) is 101 Å². The van der Waals surface area contributed by atoms with Crippen LogP contribution in [0.2, 0.25) is 0 Å². The van der Waals surface area contributed by atoms with Gasteiger partial charge in [0.25, 0.3) is 0 Å². The molecule has 13 heterocycles. The minimum absolute atomic E-state index is 0.0308. The molecule has 4 aliphatic rings. The van der Waals surface area contributed by atoms with E-state index in [1.165, 1.54) is 60.1 Å². The molecule has 12 aromatic rings. The molecule has 4 fully saturated rings. The van der Waals surface area contributed by atoms with Gasteiger partial charge in [-0.05, 0) is 140 Å². The normalized spacial score (nSPS) is 18.0. The molecular weight excluding hydrogens is 1210 g/mol. The Morgan fingerprint density at radius 2 is 1.23 bits per heavy atom. The van der Waals surface area contributed by atoms with Gasteiger partial charge in [0.05, 0.1) is 74.3 Å². The summed E-state index contributed by atoms with van der Waals surface area (Å²) < 4.78 is 55.4. The Hall–Kier alpha value is -8.47. The smallest absolute Gasteiger partial charge is 0.339 e. The number of esters is 1. The van der Waals surface area contributed by atoms with Crippen molar-refractivity contribution in [3.63, 3.8) is 0 Å². The summed E-state index contributed by atoms with van der Waals surface area (Å²) in [5, 5.41) is 36.8. The van der Waals surface area contributed by atoms with Crippen LogP contribution in [-0.2, 0) is 23.0 Å². The van der Waals surface area contributed by atoms with Gasteiger partial charge in [-0.1, -0.05) is 11.3 Å². The van der Waals surface area contributed by atoms with Crippen LogP contribution < -0.4 is 20.9 Å². The number of carboxylic acids is 1. The van der Waals surface area contributed by atoms with Crippen molar-refractivity contribution < 1.29 is 32.6 Å². The van der Waals surface area contributed by atoms with E-state index in [1.807, 2.05) is 25.1 Å². The minimum atomic E-state index is -1.10. The number of thiazole rings is 3. The molecule has 9 aromatic heterocycles. The monoisotopic (exact) mass is 1270 g/mol. The van der Waals surface area contributed by atoms with E-state index < -0.39 is 11.8 Å². The number of nitrogens with zero attached hydrogens (tertiary/aromatic N) is 14. The number of anilines is 1. The van der Waals surface area contributed by atoms with E-state index in [0.717, 1.165) is 111 Å². The maximum atomic E-state index is 15.0. The second kappa shape index (κ2) is 24.4. The lowest BCUT2D eigenvalue weighted by molar-refractivity contribution is -0.139. The van der Waals surface area contributed by atoms with Crippen molar-refractivity contribution in [2.75, 3.05) is 45.2 Å². The maximum Gasteiger partial charge on any atom is 0.339 e. The van der Waals surface area contributed by atoms with Crippen LogP contribution in [0.5, 0.6) is 0 Å². The molecule has 90 heavy (non-hydrogen) atoms. The summed E-state index contributed by atoms with van der Waals surface area (Å²) in [6, 6.07) is 14.9. The average Bonchev–Trinajstić information content (AvgIpc) is 1.90. The van der Waals surface area contributed by atoms with Crippen LogP contribution in [-0.4, -0.2) is 139 Å². The highest BCUT2D eigenvalue weighted by molar-refractivity contribution is 7.21. The number of aromatic nitrogens is 13. The Balaban J connectivity index is 0.000000118. The summed E-state index contributed by atoms with van der Waals surface area (Å²) in [6.07, 6.45) is 15.9. The number of fused-ring (bicyclic) bond motifs is 8. The number of carbonyl (C=O) groups is 2. The van der Waals surface area contributed by atoms with Gasteiger partial charge in [0.2, 0.25) is 0 Å². The zero-order valence-electron chi connectivity index (χ0n) is 49.8. The summed E-state index contributed by atoms with van der Waals surface area (Å²) in [6.45, 7) is 7.45. The van der Waals surface area contributed by atoms with Crippen molar-refractivity contribution in [2.45, 2.75) is 102 Å². The summed E-state index contributed by atoms with van der Waals surface area (Å²) >= 11 is 4.63. The number of aryl methyl sites for hydroxylation is 3. The first-order valence-electron chi connectivity index (χ1n) is 30.0. The average molecular weight is 1270 g/mol. The molecule has 0 spiro atoms. The Bertz CT molecular complexity index is 4750. The van der Waals surface area contributed by atoms with Gasteiger partial charge in [-0.25, -0.2) is 61.9 Å². The van der Waals surface area contributed by atoms with Gasteiger partial charge in [-0.2, -0.15) is 15.3 Å². The van der Waals surface area contributed by atoms with Crippen molar-refractivity contribution in [3.8, 4) is 33.9 Å². The van der Waals surface area contributed by atoms with Crippen LogP contribution in [0.4, 0.5) is 18.3 Å². The Labute approximate surface area is 524 Å². The van der Waals surface area contributed by atoms with Crippen LogP contribution >= 0.6 is 34.0 Å². The molecule has 27 heteroatoms. The van der Waals surface area contributed by atoms with Gasteiger partial charge in [0.15, 0.2) is 39.7 Å². The summed E-state index contributed by atoms with van der Waals surface area (Å²) in [5.41, 5.74) is 7.71. The molecule has 2 unspecified atom stereocenters. The number of hydrogen-bond acceptors (Lipinski definition) is 20. The predicted octanol–water partition coefficient (Wildman–Crippen LogP) is 10.8. The van der Waals surface area contributed by atoms with Gasteiger partial charge < -0.3 is 30.7 Å². The van der Waals surface area contributed by atoms with E-state index >= 15 is 4.39 Å². The third-order valence-electron chi connectivity index (χ3n) is 17.2. The summed E-state index contributed by atoms with van der Waals surface area (Å²) in [5.74, 6) is -1.39. The third kappa shape index (κ3) is 11.8. The lowest BCUT2D eigenvalue weighted by Crippen LogP contribution is -2.47. The quantitative estimate of drug-likeness (QED) is 0.0930. The van der Waals surface area contributed by atoms with Crippen molar-refractivity contribution in [1.82, 2.24) is 79.8 Å². The van der Waals surface area contributed by atoms with E-state index in [4.69, 9.17) is 14.7 Å². The maximum absolute atomic E-state index is 15.0. The van der Waals surface area contributed by atoms with Gasteiger partial charge in [0, 0.05) is 77.9 Å². The second-order valence-electron chi connectivity index (χ2n) is 23.6. The molecule has 16 rings (SSSR count). The predicted molar refractivity (Wildman–Crippen MR) is 341 cm³/mol. The van der Waals surface area contributed by atoms with Crippen LogP contribution in [0.25, 0.3) is 86.9 Å². The van der Waals surface area contributed by atoms with E-state index in [-0.39, 0.29) is 35.2 Å². The number of halogens is 3. The fraction of sp³-hybridized carbons (Fsp3) is 0.365. The highest BCUT2D eigenvalue weighted by Crippen LogP contribution is 2.40. The van der Waals surface area contributed by atoms with Crippen molar-refractivity contribution in [1.29, 1.82) is 0 Å². The largest absolute Gasteiger partial charge is 0.478 e. The minimum Gasteiger partial charge on any atom is -0.478 e. The molecule has 0 aliphatic carbocycles. The number of carboxylic acid groups (broad SMARTS) is 1. The molecule has 4 N–H and O–H groups in total. The Morgan fingerprint density at radius 1 is 0.667 bits per heavy atom. The fourth-order valence-corrected chi connectivity index (χ4v) is 16.0. The lowest BCUT2D eigenvalue weighted by atomic mass is 9.99. The van der Waals surface area contributed by atoms with E-state index in [0.29, 0.717) is 97.3 Å². The van der Waals surface area contributed by atoms with Crippen LogP contribution in [0.3, 0.4) is 0 Å². The first kappa shape index (κ1) is 59.2. The molecule has 462 valence electrons. The highest BCUT2D eigenvalue weighted by atomic mass is 32.1. The molecule has 0 saturated carbocycles. The molecule has 3 aromatic carbocycles. The highest BCUT2D eigenvalue weighted by Gasteiger charge is 2.36. The lowest BCUT2D eigenvalue weighted by Gasteiger charge is -2.35. The summed E-state index contributed by atoms with van der Waals surface area (Å²) in [7, 11) is 5.27. The number of hydrogen-bond donors (Lipinski definition) is 4. The van der Waals surface area contributed by atoms with Crippen molar-refractivity contribution >= 4 is 104 Å². The number of methoxy groups -OCH3 is 1. The number of nitrogens with one attached hydrogen (secondary N) is 3. The Morgan fingerprint density at radius 3 is 1.83 bits per heavy atom. The van der Waals surface area contributed by atoms with E-state index in [9.17, 15) is 23.5 Å². The zero-order chi connectivity index (χ0) is 62.1. The molecular formula is C63H62F3N17O4S3. The second-order valence-corrected chi connectivity index (χ2v) is 26.7. The number of benzene rings is 3. The van der Waals surface area contributed by atoms with Crippen molar-refractivity contribution in [2.24, 2.45) is 7.05 Å². The number of carbonyl (C=O) groups excluding carboxylic acids is 1. The molecule has 2 bridgehead atoms. The topological polar surface area (TPSA) is 246 Å². The Kier molecular flexibility index (Phi) is 16.0. The molecule has 4 saturated heterocycles. The van der Waals surface area contributed by atoms with Gasteiger partial charge in [0.1, 0.15) is 32.5 Å². The van der Waals surface area contributed by atoms with Crippen molar-refractivity contribution in [3.05, 3.63) is 123 Å². The molecule has 0 amide bonds. The number of aromatic carboxylic acids is 1. The molecule has 21 nitrogen and oxygen atoms in total. The molecule has 0 radical (unpaired) electrons. The summed E-state index contributed by atoms with van der Waals surface area (Å²) in [4.78, 5) is 58.5. The van der Waals surface area contributed by atoms with Gasteiger partial charge in [-0.3, -0.25) is 9.48 Å². The third-order valence-corrected chi connectivity index (χ3v) is 20.6. The zero-order valence-corrected chi connectivity index (χ0v) is 52.2. The van der Waals surface area contributed by atoms with Crippen LogP contribution in [0, 0.1) is 31.3 Å². The fourth-order valence-electron chi connectivity index (χ4n) is 12.7.